The summed E-state index contributed by atoms with van der Waals surface area (Å²) in [5.41, 5.74) is 1.16. The molecular formula is C13H14ClN3O. The van der Waals surface area contributed by atoms with Crippen molar-refractivity contribution >= 4 is 17.4 Å². The SMILES string of the molecule is OCC(Cc1ccccc1)Nc1ccnc(Cl)n1. The zero-order valence-corrected chi connectivity index (χ0v) is 10.5. The number of aliphatic hydroxyl groups excluding tert-OH is 1. The van der Waals surface area contributed by atoms with Crippen molar-refractivity contribution in [2.45, 2.75) is 12.5 Å². The zero-order chi connectivity index (χ0) is 12.8. The summed E-state index contributed by atoms with van der Waals surface area (Å²) >= 11 is 5.71. The molecule has 2 N–H and O–H groups in total. The lowest BCUT2D eigenvalue weighted by molar-refractivity contribution is 0.273. The van der Waals surface area contributed by atoms with E-state index in [0.717, 1.165) is 12.0 Å². The lowest BCUT2D eigenvalue weighted by Gasteiger charge is -2.16. The Morgan fingerprint density at radius 3 is 2.67 bits per heavy atom. The highest BCUT2D eigenvalue weighted by Gasteiger charge is 2.09. The van der Waals surface area contributed by atoms with Gasteiger partial charge in [0.2, 0.25) is 5.28 Å². The molecular weight excluding hydrogens is 250 g/mol. The Kier molecular flexibility index (Phi) is 4.50. The molecule has 1 heterocycles. The van der Waals surface area contributed by atoms with Crippen LogP contribution >= 0.6 is 11.6 Å². The summed E-state index contributed by atoms with van der Waals surface area (Å²) in [6, 6.07) is 11.6. The maximum atomic E-state index is 9.38. The van der Waals surface area contributed by atoms with Crippen LogP contribution in [-0.4, -0.2) is 27.7 Å². The van der Waals surface area contributed by atoms with E-state index >= 15 is 0 Å². The van der Waals surface area contributed by atoms with Crippen molar-refractivity contribution < 1.29 is 5.11 Å². The van der Waals surface area contributed by atoms with Gasteiger partial charge in [0.1, 0.15) is 5.82 Å². The van der Waals surface area contributed by atoms with Gasteiger partial charge in [-0.25, -0.2) is 9.97 Å². The largest absolute Gasteiger partial charge is 0.394 e. The number of benzene rings is 1. The number of halogens is 1. The van der Waals surface area contributed by atoms with Gasteiger partial charge in [0.25, 0.3) is 0 Å². The van der Waals surface area contributed by atoms with Crippen molar-refractivity contribution in [3.8, 4) is 0 Å². The van der Waals surface area contributed by atoms with Gasteiger partial charge in [0.15, 0.2) is 0 Å². The normalized spacial score (nSPS) is 12.1. The minimum atomic E-state index is -0.0987. The predicted molar refractivity (Wildman–Crippen MR) is 71.7 cm³/mol. The molecule has 4 nitrogen and oxygen atoms in total. The van der Waals surface area contributed by atoms with Crippen molar-refractivity contribution in [1.29, 1.82) is 0 Å². The predicted octanol–water partition coefficient (Wildman–Crippen LogP) is 2.15. The van der Waals surface area contributed by atoms with Crippen LogP contribution in [0.2, 0.25) is 5.28 Å². The Morgan fingerprint density at radius 1 is 1.22 bits per heavy atom. The number of anilines is 1. The number of nitrogens with one attached hydrogen (secondary N) is 1. The van der Waals surface area contributed by atoms with Crippen molar-refractivity contribution in [3.05, 3.63) is 53.4 Å². The van der Waals surface area contributed by atoms with E-state index in [9.17, 15) is 5.11 Å². The quantitative estimate of drug-likeness (QED) is 0.812. The fourth-order valence-corrected chi connectivity index (χ4v) is 1.83. The van der Waals surface area contributed by atoms with Crippen LogP contribution in [0.1, 0.15) is 5.56 Å². The highest BCUT2D eigenvalue weighted by atomic mass is 35.5. The smallest absolute Gasteiger partial charge is 0.224 e. The summed E-state index contributed by atoms with van der Waals surface area (Å²) in [7, 11) is 0. The molecule has 1 atom stereocenters. The number of aliphatic hydroxyl groups is 1. The number of hydrogen-bond acceptors (Lipinski definition) is 4. The number of aromatic nitrogens is 2. The third-order valence-electron chi connectivity index (χ3n) is 2.52. The second-order valence-electron chi connectivity index (χ2n) is 3.92. The van der Waals surface area contributed by atoms with Gasteiger partial charge in [-0.15, -0.1) is 0 Å². The van der Waals surface area contributed by atoms with Gasteiger partial charge >= 0.3 is 0 Å². The van der Waals surface area contributed by atoms with E-state index < -0.39 is 0 Å². The molecule has 18 heavy (non-hydrogen) atoms. The van der Waals surface area contributed by atoms with Crippen LogP contribution in [0, 0.1) is 0 Å². The highest BCUT2D eigenvalue weighted by Crippen LogP contribution is 2.10. The Hall–Kier alpha value is -1.65. The first-order valence-electron chi connectivity index (χ1n) is 5.68. The minimum Gasteiger partial charge on any atom is -0.394 e. The van der Waals surface area contributed by atoms with E-state index in [1.165, 1.54) is 0 Å². The van der Waals surface area contributed by atoms with E-state index in [2.05, 4.69) is 15.3 Å². The monoisotopic (exact) mass is 263 g/mol. The lowest BCUT2D eigenvalue weighted by atomic mass is 10.1. The molecule has 94 valence electrons. The zero-order valence-electron chi connectivity index (χ0n) is 9.75. The second-order valence-corrected chi connectivity index (χ2v) is 4.26. The molecule has 2 rings (SSSR count). The maximum Gasteiger partial charge on any atom is 0.224 e. The third kappa shape index (κ3) is 3.68. The summed E-state index contributed by atoms with van der Waals surface area (Å²) in [5, 5.41) is 12.7. The van der Waals surface area contributed by atoms with Crippen LogP contribution < -0.4 is 5.32 Å². The Bertz CT molecular complexity index is 493. The van der Waals surface area contributed by atoms with Gasteiger partial charge in [0.05, 0.1) is 12.6 Å². The second kappa shape index (κ2) is 6.33. The summed E-state index contributed by atoms with van der Waals surface area (Å²) in [6.45, 7) is 0.0243. The van der Waals surface area contributed by atoms with Gasteiger partial charge < -0.3 is 10.4 Å². The molecule has 0 fully saturated rings. The first-order valence-corrected chi connectivity index (χ1v) is 6.05. The van der Waals surface area contributed by atoms with E-state index in [4.69, 9.17) is 11.6 Å². The van der Waals surface area contributed by atoms with Crippen LogP contribution in [0.5, 0.6) is 0 Å². The summed E-state index contributed by atoms with van der Waals surface area (Å²) < 4.78 is 0. The number of hydrogen-bond donors (Lipinski definition) is 2. The van der Waals surface area contributed by atoms with Gasteiger partial charge in [-0.05, 0) is 29.7 Å². The van der Waals surface area contributed by atoms with Crippen LogP contribution in [0.25, 0.3) is 0 Å². The first kappa shape index (κ1) is 12.8. The molecule has 0 spiro atoms. The van der Waals surface area contributed by atoms with E-state index in [0.29, 0.717) is 5.82 Å². The maximum absolute atomic E-state index is 9.38. The number of rotatable bonds is 5. The van der Waals surface area contributed by atoms with Crippen LogP contribution in [0.4, 0.5) is 5.82 Å². The van der Waals surface area contributed by atoms with Crippen molar-refractivity contribution in [2.24, 2.45) is 0 Å². The molecule has 0 saturated heterocycles. The molecule has 0 aliphatic heterocycles. The van der Waals surface area contributed by atoms with Crippen LogP contribution in [0.15, 0.2) is 42.6 Å². The van der Waals surface area contributed by atoms with Gasteiger partial charge in [-0.1, -0.05) is 30.3 Å². The summed E-state index contributed by atoms with van der Waals surface area (Å²) in [4.78, 5) is 7.84. The molecule has 1 unspecified atom stereocenters. The minimum absolute atomic E-state index is 0.0243. The highest BCUT2D eigenvalue weighted by molar-refractivity contribution is 6.28. The van der Waals surface area contributed by atoms with Gasteiger partial charge in [-0.3, -0.25) is 0 Å². The van der Waals surface area contributed by atoms with Crippen LogP contribution in [0.3, 0.4) is 0 Å². The summed E-state index contributed by atoms with van der Waals surface area (Å²) in [5.74, 6) is 0.616. The first-order chi connectivity index (χ1) is 8.78. The average Bonchev–Trinajstić information content (AvgIpc) is 2.39. The van der Waals surface area contributed by atoms with Gasteiger partial charge in [-0.2, -0.15) is 0 Å². The molecule has 0 radical (unpaired) electrons. The Labute approximate surface area is 111 Å². The lowest BCUT2D eigenvalue weighted by Crippen LogP contribution is -2.26. The molecule has 0 aliphatic rings. The van der Waals surface area contributed by atoms with E-state index in [-0.39, 0.29) is 17.9 Å². The standard InChI is InChI=1S/C13H14ClN3O/c14-13-15-7-6-12(17-13)16-11(9-18)8-10-4-2-1-3-5-10/h1-7,11,18H,8-9H2,(H,15,16,17). The Morgan fingerprint density at radius 2 is 2.00 bits per heavy atom. The molecule has 5 heteroatoms. The van der Waals surface area contributed by atoms with Crippen LogP contribution in [-0.2, 0) is 6.42 Å². The fourth-order valence-electron chi connectivity index (χ4n) is 1.68. The fraction of sp³-hybridized carbons (Fsp3) is 0.231. The molecule has 0 saturated carbocycles. The molecule has 0 aliphatic carbocycles. The molecule has 0 amide bonds. The summed E-state index contributed by atoms with van der Waals surface area (Å²) in [6.07, 6.45) is 2.30. The van der Waals surface area contributed by atoms with Gasteiger partial charge in [0, 0.05) is 6.20 Å². The molecule has 1 aromatic heterocycles. The Balaban J connectivity index is 2.01. The average molecular weight is 264 g/mol. The third-order valence-corrected chi connectivity index (χ3v) is 2.71. The molecule has 0 bridgehead atoms. The van der Waals surface area contributed by atoms with Crippen molar-refractivity contribution in [2.75, 3.05) is 11.9 Å². The molecule has 1 aromatic carbocycles. The molecule has 2 aromatic rings. The number of nitrogens with zero attached hydrogens (tertiary/aromatic N) is 2. The van der Waals surface area contributed by atoms with E-state index in [1.54, 1.807) is 12.3 Å². The van der Waals surface area contributed by atoms with Crippen molar-refractivity contribution in [1.82, 2.24) is 9.97 Å². The van der Waals surface area contributed by atoms with Crippen molar-refractivity contribution in [3.63, 3.8) is 0 Å². The van der Waals surface area contributed by atoms with E-state index in [1.807, 2.05) is 30.3 Å². The topological polar surface area (TPSA) is 58.0 Å².